The molecule has 0 aromatic heterocycles. The molecule has 0 saturated heterocycles. The Labute approximate surface area is 158 Å². The molecule has 0 radical (unpaired) electrons. The lowest BCUT2D eigenvalue weighted by Gasteiger charge is -2.22. The molecule has 0 aliphatic carbocycles. The summed E-state index contributed by atoms with van der Waals surface area (Å²) in [6, 6.07) is 0.115. The normalized spacial score (nSPS) is 13.7. The Morgan fingerprint density at radius 3 is 2.08 bits per heavy atom. The van der Waals surface area contributed by atoms with Crippen LogP contribution in [-0.2, 0) is 4.74 Å². The second kappa shape index (κ2) is 13.7. The van der Waals surface area contributed by atoms with Crippen molar-refractivity contribution in [3.8, 4) is 0 Å². The first-order valence-corrected chi connectivity index (χ1v) is 9.80. The van der Waals surface area contributed by atoms with E-state index < -0.39 is 11.7 Å². The molecule has 0 heterocycles. The molecule has 0 spiro atoms. The summed E-state index contributed by atoms with van der Waals surface area (Å²) < 4.78 is 5.23. The van der Waals surface area contributed by atoms with Gasteiger partial charge in [0.2, 0.25) is 0 Å². The Morgan fingerprint density at radius 1 is 0.885 bits per heavy atom. The van der Waals surface area contributed by atoms with Crippen molar-refractivity contribution in [1.82, 2.24) is 16.0 Å². The van der Waals surface area contributed by atoms with Crippen LogP contribution in [0.4, 0.5) is 9.59 Å². The van der Waals surface area contributed by atoms with Crippen molar-refractivity contribution in [2.45, 2.75) is 97.2 Å². The summed E-state index contributed by atoms with van der Waals surface area (Å²) in [5, 5.41) is 17.3. The van der Waals surface area contributed by atoms with E-state index in [1.54, 1.807) is 0 Å². The molecule has 2 atom stereocenters. The van der Waals surface area contributed by atoms with Crippen LogP contribution in [-0.4, -0.2) is 48.1 Å². The fourth-order valence-corrected chi connectivity index (χ4v) is 2.54. The number of amides is 2. The lowest BCUT2D eigenvalue weighted by molar-refractivity contribution is 0.0506. The van der Waals surface area contributed by atoms with Crippen LogP contribution < -0.4 is 16.0 Å². The van der Waals surface area contributed by atoms with Gasteiger partial charge >= 0.3 is 12.2 Å². The highest BCUT2D eigenvalue weighted by molar-refractivity contribution is 5.68. The lowest BCUT2D eigenvalue weighted by atomic mass is 10.1. The summed E-state index contributed by atoms with van der Waals surface area (Å²) in [7, 11) is 0. The third kappa shape index (κ3) is 17.3. The minimum atomic E-state index is -0.945. The maximum atomic E-state index is 11.6. The van der Waals surface area contributed by atoms with E-state index in [0.29, 0.717) is 0 Å². The third-order valence-corrected chi connectivity index (χ3v) is 3.88. The standard InChI is InChI=1S/C19H39N3O4/c1-15(21-17(23)24)11-9-7-6-8-10-13-20-14-12-16(2)22-18(25)26-19(3,4)5/h15-16,20-21H,6-14H2,1-5H3,(H,22,25)(H,23,24). The summed E-state index contributed by atoms with van der Waals surface area (Å²) in [6.45, 7) is 11.3. The highest BCUT2D eigenvalue weighted by Crippen LogP contribution is 2.08. The first-order chi connectivity index (χ1) is 12.1. The molecule has 0 aromatic rings. The minimum Gasteiger partial charge on any atom is -0.465 e. The van der Waals surface area contributed by atoms with Crippen molar-refractivity contribution < 1.29 is 19.4 Å². The number of carbonyl (C=O) groups is 2. The van der Waals surface area contributed by atoms with E-state index >= 15 is 0 Å². The van der Waals surface area contributed by atoms with Crippen LogP contribution in [0, 0.1) is 0 Å². The highest BCUT2D eigenvalue weighted by Gasteiger charge is 2.17. The van der Waals surface area contributed by atoms with Crippen LogP contribution in [0.5, 0.6) is 0 Å². The zero-order valence-corrected chi connectivity index (χ0v) is 17.2. The number of alkyl carbamates (subject to hydrolysis) is 1. The monoisotopic (exact) mass is 373 g/mol. The Hall–Kier alpha value is -1.50. The maximum Gasteiger partial charge on any atom is 0.407 e. The molecular weight excluding hydrogens is 334 g/mol. The van der Waals surface area contributed by atoms with Crippen molar-refractivity contribution in [3.63, 3.8) is 0 Å². The Morgan fingerprint density at radius 2 is 1.46 bits per heavy atom. The topological polar surface area (TPSA) is 99.7 Å². The summed E-state index contributed by atoms with van der Waals surface area (Å²) >= 11 is 0. The number of ether oxygens (including phenoxy) is 1. The maximum absolute atomic E-state index is 11.6. The van der Waals surface area contributed by atoms with Crippen LogP contribution >= 0.6 is 0 Å². The average Bonchev–Trinajstić information content (AvgIpc) is 2.46. The SMILES string of the molecule is CC(CCCCCCCNCCC(C)NC(=O)OC(C)(C)C)NC(=O)O. The van der Waals surface area contributed by atoms with Gasteiger partial charge in [-0.1, -0.05) is 25.7 Å². The lowest BCUT2D eigenvalue weighted by Crippen LogP contribution is -2.39. The molecular formula is C19H39N3O4. The predicted octanol–water partition coefficient (Wildman–Crippen LogP) is 3.88. The number of carbonyl (C=O) groups excluding carboxylic acids is 1. The van der Waals surface area contributed by atoms with Gasteiger partial charge in [0.1, 0.15) is 5.60 Å². The van der Waals surface area contributed by atoms with Gasteiger partial charge in [0.15, 0.2) is 0 Å². The predicted molar refractivity (Wildman–Crippen MR) is 105 cm³/mol. The van der Waals surface area contributed by atoms with Crippen molar-refractivity contribution in [1.29, 1.82) is 0 Å². The quantitative estimate of drug-likeness (QED) is 0.367. The van der Waals surface area contributed by atoms with Gasteiger partial charge in [-0.15, -0.1) is 0 Å². The first-order valence-electron chi connectivity index (χ1n) is 9.80. The van der Waals surface area contributed by atoms with Gasteiger partial charge in [0, 0.05) is 12.1 Å². The molecule has 26 heavy (non-hydrogen) atoms. The Kier molecular flexibility index (Phi) is 12.9. The molecule has 0 aromatic carbocycles. The van der Waals surface area contributed by atoms with Crippen molar-refractivity contribution in [2.24, 2.45) is 0 Å². The largest absolute Gasteiger partial charge is 0.465 e. The molecule has 7 heteroatoms. The number of hydrogen-bond acceptors (Lipinski definition) is 4. The molecule has 154 valence electrons. The van der Waals surface area contributed by atoms with Crippen LogP contribution in [0.15, 0.2) is 0 Å². The van der Waals surface area contributed by atoms with Gasteiger partial charge in [-0.25, -0.2) is 9.59 Å². The number of nitrogens with one attached hydrogen (secondary N) is 3. The van der Waals surface area contributed by atoms with E-state index in [1.807, 2.05) is 34.6 Å². The van der Waals surface area contributed by atoms with Crippen molar-refractivity contribution in [3.05, 3.63) is 0 Å². The van der Waals surface area contributed by atoms with Gasteiger partial charge in [-0.05, 0) is 67.0 Å². The summed E-state index contributed by atoms with van der Waals surface area (Å²) in [5.74, 6) is 0. The molecule has 7 nitrogen and oxygen atoms in total. The molecule has 4 N–H and O–H groups in total. The van der Waals surface area contributed by atoms with E-state index in [-0.39, 0.29) is 18.2 Å². The fraction of sp³-hybridized carbons (Fsp3) is 0.895. The van der Waals surface area contributed by atoms with Crippen LogP contribution in [0.25, 0.3) is 0 Å². The molecule has 0 saturated carbocycles. The molecule has 0 bridgehead atoms. The molecule has 2 amide bonds. The van der Waals surface area contributed by atoms with Crippen molar-refractivity contribution in [2.75, 3.05) is 13.1 Å². The van der Waals surface area contributed by atoms with E-state index in [2.05, 4.69) is 16.0 Å². The van der Waals surface area contributed by atoms with Gasteiger partial charge < -0.3 is 25.8 Å². The van der Waals surface area contributed by atoms with E-state index in [9.17, 15) is 9.59 Å². The van der Waals surface area contributed by atoms with Gasteiger partial charge in [0.05, 0.1) is 0 Å². The van der Waals surface area contributed by atoms with Crippen LogP contribution in [0.2, 0.25) is 0 Å². The summed E-state index contributed by atoms with van der Waals surface area (Å²) in [6.07, 6.45) is 6.15. The van der Waals surface area contributed by atoms with Gasteiger partial charge in [-0.2, -0.15) is 0 Å². The van der Waals surface area contributed by atoms with Gasteiger partial charge in [0.25, 0.3) is 0 Å². The second-order valence-electron chi connectivity index (χ2n) is 7.99. The smallest absolute Gasteiger partial charge is 0.407 e. The summed E-state index contributed by atoms with van der Waals surface area (Å²) in [4.78, 5) is 22.1. The van der Waals surface area contributed by atoms with E-state index in [0.717, 1.165) is 45.2 Å². The van der Waals surface area contributed by atoms with E-state index in [1.165, 1.54) is 12.8 Å². The zero-order chi connectivity index (χ0) is 20.0. The third-order valence-electron chi connectivity index (χ3n) is 3.88. The zero-order valence-electron chi connectivity index (χ0n) is 17.2. The first kappa shape index (κ1) is 24.5. The Bertz CT molecular complexity index is 397. The second-order valence-corrected chi connectivity index (χ2v) is 7.99. The average molecular weight is 374 g/mol. The summed E-state index contributed by atoms with van der Waals surface area (Å²) in [5.41, 5.74) is -0.465. The van der Waals surface area contributed by atoms with E-state index in [4.69, 9.17) is 9.84 Å². The molecule has 0 aliphatic rings. The number of unbranched alkanes of at least 4 members (excludes halogenated alkanes) is 4. The Balaban J connectivity index is 3.43. The van der Waals surface area contributed by atoms with Crippen LogP contribution in [0.1, 0.15) is 79.6 Å². The molecule has 0 fully saturated rings. The molecule has 2 unspecified atom stereocenters. The fourth-order valence-electron chi connectivity index (χ4n) is 2.54. The number of hydrogen-bond donors (Lipinski definition) is 4. The van der Waals surface area contributed by atoms with Gasteiger partial charge in [-0.3, -0.25) is 0 Å². The molecule has 0 aliphatic heterocycles. The number of carboxylic acid groups (broad SMARTS) is 1. The number of rotatable bonds is 13. The molecule has 0 rings (SSSR count). The van der Waals surface area contributed by atoms with Crippen molar-refractivity contribution >= 4 is 12.2 Å². The van der Waals surface area contributed by atoms with Crippen LogP contribution in [0.3, 0.4) is 0 Å². The highest BCUT2D eigenvalue weighted by atomic mass is 16.6. The minimum absolute atomic E-state index is 0.0328.